The fraction of sp³-hybridized carbons (Fsp3) is 0.348. The van der Waals surface area contributed by atoms with Crippen molar-refractivity contribution in [2.24, 2.45) is 0 Å². The normalized spacial score (nSPS) is 13.9. The van der Waals surface area contributed by atoms with Crippen molar-refractivity contribution in [3.63, 3.8) is 0 Å². The molecular weight excluding hydrogens is 405 g/mol. The van der Waals surface area contributed by atoms with Crippen molar-refractivity contribution in [2.45, 2.75) is 38.3 Å². The highest BCUT2D eigenvalue weighted by Gasteiger charge is 2.29. The number of nitrogens with zero attached hydrogens (tertiary/aromatic N) is 3. The van der Waals surface area contributed by atoms with E-state index in [1.165, 1.54) is 18.3 Å². The summed E-state index contributed by atoms with van der Waals surface area (Å²) in [4.78, 5) is 16.6. The molecule has 0 radical (unpaired) electrons. The van der Waals surface area contributed by atoms with Gasteiger partial charge in [-0.15, -0.1) is 0 Å². The van der Waals surface area contributed by atoms with Crippen LogP contribution in [0.2, 0.25) is 0 Å². The van der Waals surface area contributed by atoms with Gasteiger partial charge < -0.3 is 9.88 Å². The molecule has 1 fully saturated rings. The summed E-state index contributed by atoms with van der Waals surface area (Å²) < 4.78 is 41.7. The van der Waals surface area contributed by atoms with Crippen LogP contribution in [0.4, 0.5) is 13.2 Å². The Morgan fingerprint density at radius 3 is 2.61 bits per heavy atom. The van der Waals surface area contributed by atoms with E-state index in [-0.39, 0.29) is 17.4 Å². The average molecular weight is 426 g/mol. The lowest BCUT2D eigenvalue weighted by atomic mass is 9.92. The van der Waals surface area contributed by atoms with Crippen LogP contribution in [0.15, 0.2) is 30.5 Å². The summed E-state index contributed by atoms with van der Waals surface area (Å²) in [6.07, 6.45) is 4.29. The molecule has 3 aromatic rings. The Labute approximate surface area is 177 Å². The molecule has 1 aliphatic carbocycles. The smallest absolute Gasteiger partial charge is 0.253 e. The molecule has 4 rings (SSSR count). The quantitative estimate of drug-likeness (QED) is 0.616. The lowest BCUT2D eigenvalue weighted by Crippen LogP contribution is -2.38. The summed E-state index contributed by atoms with van der Waals surface area (Å²) in [5, 5.41) is 12.7. The molecule has 5 nitrogen and oxygen atoms in total. The Balaban J connectivity index is 1.80. The van der Waals surface area contributed by atoms with Gasteiger partial charge >= 0.3 is 0 Å². The van der Waals surface area contributed by atoms with Crippen LogP contribution in [0.5, 0.6) is 0 Å². The number of nitrogens with one attached hydrogen (secondary N) is 1. The molecule has 0 unspecified atom stereocenters. The molecular formula is C23H21F3N4O. The molecule has 0 saturated heterocycles. The third-order valence-corrected chi connectivity index (χ3v) is 5.81. The molecule has 1 saturated carbocycles. The minimum atomic E-state index is -1.20. The van der Waals surface area contributed by atoms with Gasteiger partial charge in [-0.1, -0.05) is 0 Å². The minimum Gasteiger partial charge on any atom is -0.344 e. The zero-order valence-corrected chi connectivity index (χ0v) is 17.0. The summed E-state index contributed by atoms with van der Waals surface area (Å²) >= 11 is 0. The molecule has 2 aromatic heterocycles. The first-order valence-corrected chi connectivity index (χ1v) is 10.1. The fourth-order valence-electron chi connectivity index (χ4n) is 3.88. The molecule has 0 aliphatic heterocycles. The van der Waals surface area contributed by atoms with Crippen LogP contribution < -0.4 is 5.32 Å². The largest absolute Gasteiger partial charge is 0.344 e. The highest BCUT2D eigenvalue weighted by Crippen LogP contribution is 2.42. The number of halogens is 3. The van der Waals surface area contributed by atoms with Crippen LogP contribution in [-0.2, 0) is 0 Å². The SMILES string of the molecule is Cc1cc2c(cc1F)c(C#N)c(-c1ccc(C(=O)NC(CF)CF)cn1)n2C1CCC1. The van der Waals surface area contributed by atoms with E-state index in [1.807, 2.05) is 4.57 Å². The van der Waals surface area contributed by atoms with E-state index in [2.05, 4.69) is 16.4 Å². The van der Waals surface area contributed by atoms with Crippen molar-refractivity contribution in [1.82, 2.24) is 14.9 Å². The summed E-state index contributed by atoms with van der Waals surface area (Å²) in [6, 6.07) is 7.42. The van der Waals surface area contributed by atoms with E-state index in [1.54, 1.807) is 19.1 Å². The van der Waals surface area contributed by atoms with Gasteiger partial charge in [-0.3, -0.25) is 9.78 Å². The van der Waals surface area contributed by atoms with Gasteiger partial charge in [0.25, 0.3) is 5.91 Å². The Morgan fingerprint density at radius 1 is 1.32 bits per heavy atom. The molecule has 2 heterocycles. The van der Waals surface area contributed by atoms with E-state index in [0.717, 1.165) is 24.8 Å². The molecule has 1 N–H and O–H groups in total. The molecule has 1 aromatic carbocycles. The third-order valence-electron chi connectivity index (χ3n) is 5.81. The molecule has 0 bridgehead atoms. The molecule has 160 valence electrons. The molecule has 0 atom stereocenters. The number of nitriles is 1. The Hall–Kier alpha value is -3.34. The van der Waals surface area contributed by atoms with E-state index >= 15 is 0 Å². The Morgan fingerprint density at radius 2 is 2.06 bits per heavy atom. The lowest BCUT2D eigenvalue weighted by molar-refractivity contribution is 0.0921. The molecule has 1 aliphatic rings. The number of amides is 1. The monoisotopic (exact) mass is 426 g/mol. The number of rotatable bonds is 6. The van der Waals surface area contributed by atoms with E-state index < -0.39 is 25.3 Å². The number of aryl methyl sites for hydroxylation is 1. The van der Waals surface area contributed by atoms with Crippen molar-refractivity contribution in [3.05, 3.63) is 53.0 Å². The maximum Gasteiger partial charge on any atom is 0.253 e. The van der Waals surface area contributed by atoms with Gasteiger partial charge in [0.15, 0.2) is 0 Å². The van der Waals surface area contributed by atoms with Crippen LogP contribution in [0.3, 0.4) is 0 Å². The second-order valence-corrected chi connectivity index (χ2v) is 7.82. The van der Waals surface area contributed by atoms with Gasteiger partial charge in [0.05, 0.1) is 34.1 Å². The number of carbonyl (C=O) groups is 1. The lowest BCUT2D eigenvalue weighted by Gasteiger charge is -2.30. The van der Waals surface area contributed by atoms with Crippen LogP contribution in [0.25, 0.3) is 22.3 Å². The van der Waals surface area contributed by atoms with Crippen molar-refractivity contribution in [1.29, 1.82) is 5.26 Å². The van der Waals surface area contributed by atoms with Crippen molar-refractivity contribution in [2.75, 3.05) is 13.3 Å². The summed E-state index contributed by atoms with van der Waals surface area (Å²) in [5.41, 5.74) is 2.83. The van der Waals surface area contributed by atoms with Gasteiger partial charge in [0.1, 0.15) is 25.2 Å². The predicted octanol–water partition coefficient (Wildman–Crippen LogP) is 4.78. The number of carbonyl (C=O) groups excluding carboxylic acids is 1. The first-order chi connectivity index (χ1) is 15.0. The van der Waals surface area contributed by atoms with Crippen molar-refractivity contribution < 1.29 is 18.0 Å². The van der Waals surface area contributed by atoms with Crippen LogP contribution >= 0.6 is 0 Å². The Kier molecular flexibility index (Phi) is 5.68. The summed E-state index contributed by atoms with van der Waals surface area (Å²) in [6.45, 7) is -0.320. The van der Waals surface area contributed by atoms with Gasteiger partial charge in [-0.05, 0) is 56.0 Å². The molecule has 0 spiro atoms. The molecule has 8 heteroatoms. The van der Waals surface area contributed by atoms with Gasteiger partial charge in [-0.25, -0.2) is 13.2 Å². The fourth-order valence-corrected chi connectivity index (χ4v) is 3.88. The highest BCUT2D eigenvalue weighted by molar-refractivity contribution is 5.96. The van der Waals surface area contributed by atoms with Crippen molar-refractivity contribution >= 4 is 16.8 Å². The van der Waals surface area contributed by atoms with Gasteiger partial charge in [0.2, 0.25) is 0 Å². The number of hydrogen-bond acceptors (Lipinski definition) is 3. The number of benzene rings is 1. The average Bonchev–Trinajstić information content (AvgIpc) is 3.04. The van der Waals surface area contributed by atoms with Gasteiger partial charge in [-0.2, -0.15) is 5.26 Å². The van der Waals surface area contributed by atoms with Crippen LogP contribution in [-0.4, -0.2) is 34.8 Å². The maximum absolute atomic E-state index is 14.3. The topological polar surface area (TPSA) is 70.7 Å². The van der Waals surface area contributed by atoms with Crippen LogP contribution in [0.1, 0.15) is 46.8 Å². The standard InChI is InChI=1S/C23H21F3N4O/c1-13-7-21-17(8-19(13)26)18(11-27)22(30(21)16-3-2-4-16)20-6-5-14(12-28-20)23(31)29-15(9-24)10-25/h5-8,12,15-16H,2-4,9-10H2,1H3,(H,29,31). The maximum atomic E-state index is 14.3. The first kappa shape index (κ1) is 20.9. The number of aromatic nitrogens is 2. The summed E-state index contributed by atoms with van der Waals surface area (Å²) in [5.74, 6) is -1.01. The van der Waals surface area contributed by atoms with Crippen LogP contribution in [0, 0.1) is 24.1 Å². The Bertz CT molecular complexity index is 1170. The number of fused-ring (bicyclic) bond motifs is 1. The third kappa shape index (κ3) is 3.65. The number of hydrogen-bond donors (Lipinski definition) is 1. The zero-order valence-electron chi connectivity index (χ0n) is 17.0. The highest BCUT2D eigenvalue weighted by atomic mass is 19.1. The predicted molar refractivity (Wildman–Crippen MR) is 111 cm³/mol. The second kappa shape index (κ2) is 8.42. The number of alkyl halides is 2. The molecule has 1 amide bonds. The van der Waals surface area contributed by atoms with Gasteiger partial charge in [0, 0.05) is 17.6 Å². The van der Waals surface area contributed by atoms with E-state index in [4.69, 9.17) is 0 Å². The van der Waals surface area contributed by atoms with E-state index in [0.29, 0.717) is 27.9 Å². The minimum absolute atomic E-state index is 0.155. The first-order valence-electron chi connectivity index (χ1n) is 10.1. The molecule has 31 heavy (non-hydrogen) atoms. The van der Waals surface area contributed by atoms with Crippen molar-refractivity contribution in [3.8, 4) is 17.5 Å². The summed E-state index contributed by atoms with van der Waals surface area (Å²) in [7, 11) is 0. The zero-order chi connectivity index (χ0) is 22.1. The van der Waals surface area contributed by atoms with E-state index in [9.17, 15) is 23.2 Å². The second-order valence-electron chi connectivity index (χ2n) is 7.82. The number of pyridine rings is 1.